The first-order chi connectivity index (χ1) is 8.32. The van der Waals surface area contributed by atoms with E-state index in [-0.39, 0.29) is 12.8 Å². The number of hydrogen-bond acceptors (Lipinski definition) is 4. The van der Waals surface area contributed by atoms with Gasteiger partial charge in [0.2, 0.25) is 9.84 Å². The van der Waals surface area contributed by atoms with Crippen molar-refractivity contribution in [1.29, 1.82) is 5.26 Å². The van der Waals surface area contributed by atoms with E-state index in [4.69, 9.17) is 10.4 Å². The van der Waals surface area contributed by atoms with E-state index in [9.17, 15) is 17.2 Å². The molecule has 1 aromatic rings. The quantitative estimate of drug-likeness (QED) is 0.877. The van der Waals surface area contributed by atoms with E-state index in [2.05, 4.69) is 0 Å². The van der Waals surface area contributed by atoms with Crippen LogP contribution in [0.5, 0.6) is 0 Å². The molecular formula is C11H9F2NO3S. The number of nitrogens with zero attached hydrogens (tertiary/aromatic N) is 1. The molecule has 0 bridgehead atoms. The van der Waals surface area contributed by atoms with Crippen LogP contribution < -0.4 is 0 Å². The van der Waals surface area contributed by atoms with Gasteiger partial charge >= 0.3 is 0 Å². The summed E-state index contributed by atoms with van der Waals surface area (Å²) in [4.78, 5) is -0.837. The molecule has 1 aromatic carbocycles. The smallest absolute Gasteiger partial charge is 0.200 e. The lowest BCUT2D eigenvalue weighted by molar-refractivity contribution is 0.0763. The third kappa shape index (κ3) is 1.69. The summed E-state index contributed by atoms with van der Waals surface area (Å²) in [6, 6.07) is 3.64. The summed E-state index contributed by atoms with van der Waals surface area (Å²) in [6.07, 6.45) is -1.49. The maximum atomic E-state index is 13.5. The van der Waals surface area contributed by atoms with Crippen molar-refractivity contribution in [3.8, 4) is 6.07 Å². The van der Waals surface area contributed by atoms with Crippen molar-refractivity contribution >= 4 is 9.84 Å². The second-order valence-electron chi connectivity index (χ2n) is 4.25. The van der Waals surface area contributed by atoms with Crippen LogP contribution in [0, 0.1) is 23.0 Å². The number of nitriles is 1. The monoisotopic (exact) mass is 273 g/mol. The van der Waals surface area contributed by atoms with Gasteiger partial charge in [0, 0.05) is 12.8 Å². The zero-order valence-corrected chi connectivity index (χ0v) is 9.92. The fraction of sp³-hybridized carbons (Fsp3) is 0.364. The Morgan fingerprint density at radius 2 is 2.00 bits per heavy atom. The molecule has 0 unspecified atom stereocenters. The summed E-state index contributed by atoms with van der Waals surface area (Å²) in [6.45, 7) is 0. The van der Waals surface area contributed by atoms with E-state index in [0.29, 0.717) is 12.1 Å². The highest BCUT2D eigenvalue weighted by Crippen LogP contribution is 2.43. The van der Waals surface area contributed by atoms with Gasteiger partial charge < -0.3 is 5.11 Å². The number of aliphatic hydroxyl groups is 1. The normalized spacial score (nSPS) is 27.3. The molecule has 2 rings (SSSR count). The molecule has 1 aliphatic carbocycles. The van der Waals surface area contributed by atoms with Crippen LogP contribution in [0.15, 0.2) is 23.1 Å². The molecule has 1 saturated carbocycles. The lowest BCUT2D eigenvalue weighted by Crippen LogP contribution is -2.52. The van der Waals surface area contributed by atoms with E-state index in [1.807, 2.05) is 0 Å². The number of benzene rings is 1. The average Bonchev–Trinajstić information content (AvgIpc) is 2.27. The summed E-state index contributed by atoms with van der Waals surface area (Å²) in [5.74, 6) is -2.00. The van der Waals surface area contributed by atoms with Crippen LogP contribution in [0.4, 0.5) is 8.78 Å². The molecule has 96 valence electrons. The molecule has 18 heavy (non-hydrogen) atoms. The van der Waals surface area contributed by atoms with E-state index in [1.54, 1.807) is 6.07 Å². The summed E-state index contributed by atoms with van der Waals surface area (Å²) in [5.41, 5.74) is 0. The SMILES string of the molecule is N#CC1(S(=O)(=O)c2cc(F)ccc2F)CC(O)C1. The third-order valence-corrected chi connectivity index (χ3v) is 5.38. The Balaban J connectivity index is 2.56. The number of sulfone groups is 1. The van der Waals surface area contributed by atoms with Crippen molar-refractivity contribution in [2.75, 3.05) is 0 Å². The lowest BCUT2D eigenvalue weighted by Gasteiger charge is -2.38. The number of rotatable bonds is 2. The molecule has 0 saturated heterocycles. The summed E-state index contributed by atoms with van der Waals surface area (Å²) >= 11 is 0. The number of halogens is 2. The van der Waals surface area contributed by atoms with Crippen molar-refractivity contribution in [3.05, 3.63) is 29.8 Å². The van der Waals surface area contributed by atoms with Crippen LogP contribution in [0.25, 0.3) is 0 Å². The second kappa shape index (κ2) is 4.00. The van der Waals surface area contributed by atoms with Crippen molar-refractivity contribution < 1.29 is 22.3 Å². The van der Waals surface area contributed by atoms with Gasteiger partial charge in [0.25, 0.3) is 0 Å². The van der Waals surface area contributed by atoms with Gasteiger partial charge in [0.1, 0.15) is 16.5 Å². The minimum Gasteiger partial charge on any atom is -0.393 e. The highest BCUT2D eigenvalue weighted by molar-refractivity contribution is 7.93. The van der Waals surface area contributed by atoms with Gasteiger partial charge in [0.15, 0.2) is 4.75 Å². The van der Waals surface area contributed by atoms with Crippen molar-refractivity contribution in [1.82, 2.24) is 0 Å². The minimum absolute atomic E-state index is 0.290. The molecule has 1 aliphatic rings. The Morgan fingerprint density at radius 3 is 2.50 bits per heavy atom. The average molecular weight is 273 g/mol. The molecule has 0 atom stereocenters. The first kappa shape index (κ1) is 12.9. The predicted octanol–water partition coefficient (Wildman–Crippen LogP) is 1.16. The standard InChI is InChI=1S/C11H9F2NO3S/c12-7-1-2-9(13)10(3-7)18(16,17)11(6-14)4-8(15)5-11/h1-3,8,15H,4-5H2. The van der Waals surface area contributed by atoms with Crippen LogP contribution in [-0.2, 0) is 9.84 Å². The highest BCUT2D eigenvalue weighted by Gasteiger charge is 2.55. The molecule has 1 fully saturated rings. The largest absolute Gasteiger partial charge is 0.393 e. The van der Waals surface area contributed by atoms with E-state index in [0.717, 1.165) is 6.07 Å². The Labute approximate surface area is 102 Å². The number of hydrogen-bond donors (Lipinski definition) is 1. The van der Waals surface area contributed by atoms with Gasteiger partial charge in [-0.3, -0.25) is 0 Å². The second-order valence-corrected chi connectivity index (χ2v) is 6.47. The van der Waals surface area contributed by atoms with Crippen LogP contribution in [0.2, 0.25) is 0 Å². The van der Waals surface area contributed by atoms with Gasteiger partial charge in [-0.25, -0.2) is 17.2 Å². The Hall–Kier alpha value is -1.52. The van der Waals surface area contributed by atoms with Crippen molar-refractivity contribution in [3.63, 3.8) is 0 Å². The molecule has 7 heteroatoms. The Morgan fingerprint density at radius 1 is 1.39 bits per heavy atom. The predicted molar refractivity (Wildman–Crippen MR) is 57.1 cm³/mol. The van der Waals surface area contributed by atoms with E-state index >= 15 is 0 Å². The van der Waals surface area contributed by atoms with Crippen LogP contribution >= 0.6 is 0 Å². The highest BCUT2D eigenvalue weighted by atomic mass is 32.2. The van der Waals surface area contributed by atoms with Crippen molar-refractivity contribution in [2.45, 2.75) is 28.6 Å². The molecule has 0 aromatic heterocycles. The van der Waals surface area contributed by atoms with Crippen molar-refractivity contribution in [2.24, 2.45) is 0 Å². The topological polar surface area (TPSA) is 78.2 Å². The zero-order chi connectivity index (χ0) is 13.6. The van der Waals surface area contributed by atoms with Crippen LogP contribution in [0.1, 0.15) is 12.8 Å². The molecule has 0 amide bonds. The summed E-state index contributed by atoms with van der Waals surface area (Å²) in [5, 5.41) is 18.1. The third-order valence-electron chi connectivity index (χ3n) is 3.03. The van der Waals surface area contributed by atoms with E-state index in [1.165, 1.54) is 0 Å². The van der Waals surface area contributed by atoms with E-state index < -0.39 is 37.2 Å². The van der Waals surface area contributed by atoms with Crippen LogP contribution in [-0.4, -0.2) is 24.4 Å². The van der Waals surface area contributed by atoms with Gasteiger partial charge in [-0.15, -0.1) is 0 Å². The van der Waals surface area contributed by atoms with Crippen LogP contribution in [0.3, 0.4) is 0 Å². The molecule has 0 aliphatic heterocycles. The van der Waals surface area contributed by atoms with Gasteiger partial charge in [-0.05, 0) is 18.2 Å². The first-order valence-electron chi connectivity index (χ1n) is 5.11. The molecule has 0 heterocycles. The lowest BCUT2D eigenvalue weighted by atomic mass is 9.82. The zero-order valence-electron chi connectivity index (χ0n) is 9.10. The summed E-state index contributed by atoms with van der Waals surface area (Å²) in [7, 11) is -4.34. The van der Waals surface area contributed by atoms with Gasteiger partial charge in [0.05, 0.1) is 12.2 Å². The maximum absolute atomic E-state index is 13.5. The Bertz CT molecular complexity index is 630. The fourth-order valence-corrected chi connectivity index (χ4v) is 3.92. The molecule has 0 radical (unpaired) electrons. The fourth-order valence-electron chi connectivity index (χ4n) is 1.97. The molecule has 0 spiro atoms. The first-order valence-corrected chi connectivity index (χ1v) is 6.60. The van der Waals surface area contributed by atoms with Gasteiger partial charge in [-0.1, -0.05) is 0 Å². The Kier molecular flexibility index (Phi) is 2.87. The molecular weight excluding hydrogens is 264 g/mol. The molecule has 4 nitrogen and oxygen atoms in total. The molecule has 1 N–H and O–H groups in total. The number of aliphatic hydroxyl groups excluding tert-OH is 1. The summed E-state index contributed by atoms with van der Waals surface area (Å²) < 4.78 is 48.9. The van der Waals surface area contributed by atoms with Gasteiger partial charge in [-0.2, -0.15) is 5.26 Å². The maximum Gasteiger partial charge on any atom is 0.200 e. The minimum atomic E-state index is -4.34.